The summed E-state index contributed by atoms with van der Waals surface area (Å²) in [6.45, 7) is 8.68. The lowest BCUT2D eigenvalue weighted by Gasteiger charge is -2.24. The van der Waals surface area contributed by atoms with E-state index in [0.717, 1.165) is 0 Å². The molecule has 2 aromatic carbocycles. The first-order valence-electron chi connectivity index (χ1n) is 9.55. The summed E-state index contributed by atoms with van der Waals surface area (Å²) in [6, 6.07) is 8.23. The fourth-order valence-corrected chi connectivity index (χ4v) is 3.28. The van der Waals surface area contributed by atoms with Gasteiger partial charge in [-0.2, -0.15) is 0 Å². The van der Waals surface area contributed by atoms with Crippen molar-refractivity contribution in [2.24, 2.45) is 0 Å². The molecule has 6 nitrogen and oxygen atoms in total. The molecule has 0 aromatic heterocycles. The van der Waals surface area contributed by atoms with Crippen molar-refractivity contribution in [1.29, 1.82) is 0 Å². The average Bonchev–Trinajstić information content (AvgIpc) is 2.63. The van der Waals surface area contributed by atoms with Crippen LogP contribution in [0.15, 0.2) is 30.3 Å². The van der Waals surface area contributed by atoms with Gasteiger partial charge in [0, 0.05) is 18.1 Å². The fourth-order valence-electron chi connectivity index (χ4n) is 3.28. The minimum Gasteiger partial charge on any atom is -0.490 e. The van der Waals surface area contributed by atoms with Crippen molar-refractivity contribution in [2.75, 3.05) is 0 Å². The molecule has 1 aliphatic rings. The molecule has 0 radical (unpaired) electrons. The molecule has 2 aromatic rings. The molecule has 0 fully saturated rings. The van der Waals surface area contributed by atoms with Crippen LogP contribution >= 0.6 is 0 Å². The van der Waals surface area contributed by atoms with E-state index in [0.29, 0.717) is 22.6 Å². The lowest BCUT2D eigenvalue weighted by Crippen LogP contribution is -2.25. The fraction of sp³-hybridized carbons (Fsp3) is 0.348. The molecule has 6 heteroatoms. The number of benzene rings is 2. The van der Waals surface area contributed by atoms with Crippen molar-refractivity contribution in [3.05, 3.63) is 58.1 Å². The van der Waals surface area contributed by atoms with Gasteiger partial charge >= 0.3 is 5.97 Å². The van der Waals surface area contributed by atoms with Crippen LogP contribution in [-0.4, -0.2) is 29.7 Å². The molecule has 0 aliphatic heterocycles. The number of esters is 1. The van der Waals surface area contributed by atoms with Gasteiger partial charge in [0.2, 0.25) is 5.78 Å². The van der Waals surface area contributed by atoms with Gasteiger partial charge in [-0.15, -0.1) is 0 Å². The summed E-state index contributed by atoms with van der Waals surface area (Å²) >= 11 is 0. The molecule has 0 unspecified atom stereocenters. The molecular formula is C23H24O6. The molecule has 152 valence electrons. The van der Waals surface area contributed by atoms with Gasteiger partial charge in [-0.05, 0) is 51.5 Å². The molecule has 0 atom stereocenters. The Labute approximate surface area is 169 Å². The topological polar surface area (TPSA) is 78.9 Å². The number of ether oxygens (including phenoxy) is 3. The monoisotopic (exact) mass is 396 g/mol. The van der Waals surface area contributed by atoms with Crippen molar-refractivity contribution < 1.29 is 28.6 Å². The summed E-state index contributed by atoms with van der Waals surface area (Å²) in [5, 5.41) is 0. The van der Waals surface area contributed by atoms with E-state index in [9.17, 15) is 14.4 Å². The number of carbonyl (C=O) groups excluding carboxylic acids is 3. The summed E-state index contributed by atoms with van der Waals surface area (Å²) in [4.78, 5) is 37.9. The Kier molecular flexibility index (Phi) is 5.73. The van der Waals surface area contributed by atoms with E-state index in [1.54, 1.807) is 30.3 Å². The molecule has 1 aliphatic carbocycles. The van der Waals surface area contributed by atoms with E-state index < -0.39 is 5.97 Å². The van der Waals surface area contributed by atoms with Crippen molar-refractivity contribution in [1.82, 2.24) is 0 Å². The highest BCUT2D eigenvalue weighted by Crippen LogP contribution is 2.38. The van der Waals surface area contributed by atoms with Gasteiger partial charge in [0.05, 0.1) is 23.3 Å². The second kappa shape index (κ2) is 8.07. The van der Waals surface area contributed by atoms with Gasteiger partial charge in [0.15, 0.2) is 5.78 Å². The normalized spacial score (nSPS) is 12.7. The van der Waals surface area contributed by atoms with Gasteiger partial charge in [0.1, 0.15) is 18.1 Å². The van der Waals surface area contributed by atoms with Gasteiger partial charge < -0.3 is 14.2 Å². The molecule has 0 amide bonds. The van der Waals surface area contributed by atoms with E-state index in [1.807, 2.05) is 27.7 Å². The van der Waals surface area contributed by atoms with Crippen LogP contribution in [0.3, 0.4) is 0 Å². The third kappa shape index (κ3) is 4.16. The highest BCUT2D eigenvalue weighted by atomic mass is 16.5. The SMILES string of the molecule is CC(=O)OCc1cc(OC(C)C)c2c(c1)C(=O)c1cccc(OC(C)C)c1C2=O. The minimum absolute atomic E-state index is 0.0120. The molecule has 0 bridgehead atoms. The summed E-state index contributed by atoms with van der Waals surface area (Å²) in [6.07, 6.45) is -0.363. The number of rotatable bonds is 6. The molecule has 0 spiro atoms. The maximum absolute atomic E-state index is 13.4. The Balaban J connectivity index is 2.18. The summed E-state index contributed by atoms with van der Waals surface area (Å²) < 4.78 is 16.7. The minimum atomic E-state index is -0.433. The third-order valence-corrected chi connectivity index (χ3v) is 4.30. The molecule has 3 rings (SSSR count). The number of hydrogen-bond donors (Lipinski definition) is 0. The van der Waals surface area contributed by atoms with Crippen LogP contribution in [0.25, 0.3) is 0 Å². The number of fused-ring (bicyclic) bond motifs is 2. The van der Waals surface area contributed by atoms with Gasteiger partial charge in [-0.3, -0.25) is 14.4 Å². The maximum Gasteiger partial charge on any atom is 0.302 e. The lowest BCUT2D eigenvalue weighted by molar-refractivity contribution is -0.142. The Bertz CT molecular complexity index is 987. The van der Waals surface area contributed by atoms with Crippen molar-refractivity contribution in [3.8, 4) is 11.5 Å². The smallest absolute Gasteiger partial charge is 0.302 e. The lowest BCUT2D eigenvalue weighted by atomic mass is 9.82. The van der Waals surface area contributed by atoms with E-state index in [1.165, 1.54) is 6.92 Å². The Morgan fingerprint density at radius 3 is 2.10 bits per heavy atom. The molecule has 0 heterocycles. The molecular weight excluding hydrogens is 372 g/mol. The average molecular weight is 396 g/mol. The Morgan fingerprint density at radius 1 is 0.862 bits per heavy atom. The summed E-state index contributed by atoms with van der Waals surface area (Å²) in [5.74, 6) is -0.371. The van der Waals surface area contributed by atoms with Gasteiger partial charge in [-0.1, -0.05) is 12.1 Å². The molecule has 29 heavy (non-hydrogen) atoms. The van der Waals surface area contributed by atoms with Gasteiger partial charge in [0.25, 0.3) is 0 Å². The maximum atomic E-state index is 13.4. The highest BCUT2D eigenvalue weighted by Gasteiger charge is 2.35. The van der Waals surface area contributed by atoms with Crippen LogP contribution < -0.4 is 9.47 Å². The Hall–Kier alpha value is -3.15. The second-order valence-corrected chi connectivity index (χ2v) is 7.47. The van der Waals surface area contributed by atoms with Crippen LogP contribution in [-0.2, 0) is 16.1 Å². The third-order valence-electron chi connectivity index (χ3n) is 4.30. The predicted octanol–water partition coefficient (Wildman–Crippen LogP) is 4.10. The van der Waals surface area contributed by atoms with Crippen molar-refractivity contribution in [2.45, 2.75) is 53.4 Å². The number of carbonyl (C=O) groups is 3. The van der Waals surface area contributed by atoms with Crippen LogP contribution in [0.2, 0.25) is 0 Å². The van der Waals surface area contributed by atoms with Crippen LogP contribution in [0.4, 0.5) is 0 Å². The van der Waals surface area contributed by atoms with Crippen molar-refractivity contribution in [3.63, 3.8) is 0 Å². The molecule has 0 saturated carbocycles. The first-order chi connectivity index (χ1) is 13.7. The van der Waals surface area contributed by atoms with E-state index in [2.05, 4.69) is 0 Å². The zero-order valence-corrected chi connectivity index (χ0v) is 17.2. The zero-order valence-electron chi connectivity index (χ0n) is 17.2. The van der Waals surface area contributed by atoms with E-state index >= 15 is 0 Å². The molecule has 0 saturated heterocycles. The standard InChI is InChI=1S/C23H24O6/c1-12(2)28-18-8-6-7-16-20(18)23(26)21-17(22(16)25)9-15(11-27-14(5)24)10-19(21)29-13(3)4/h6-10,12-13H,11H2,1-5H3. The number of ketones is 2. The van der Waals surface area contributed by atoms with E-state index in [4.69, 9.17) is 14.2 Å². The first-order valence-corrected chi connectivity index (χ1v) is 9.55. The van der Waals surface area contributed by atoms with Crippen LogP contribution in [0, 0.1) is 0 Å². The molecule has 0 N–H and O–H groups in total. The van der Waals surface area contributed by atoms with Gasteiger partial charge in [-0.25, -0.2) is 0 Å². The predicted molar refractivity (Wildman–Crippen MR) is 107 cm³/mol. The first kappa shape index (κ1) is 20.6. The largest absolute Gasteiger partial charge is 0.490 e. The number of hydrogen-bond acceptors (Lipinski definition) is 6. The van der Waals surface area contributed by atoms with Crippen molar-refractivity contribution >= 4 is 17.5 Å². The van der Waals surface area contributed by atoms with E-state index in [-0.39, 0.29) is 47.1 Å². The quantitative estimate of drug-likeness (QED) is 0.584. The van der Waals surface area contributed by atoms with Crippen LogP contribution in [0.5, 0.6) is 11.5 Å². The van der Waals surface area contributed by atoms with Crippen LogP contribution in [0.1, 0.15) is 72.0 Å². The second-order valence-electron chi connectivity index (χ2n) is 7.47. The Morgan fingerprint density at radius 2 is 1.48 bits per heavy atom. The summed E-state index contributed by atoms with van der Waals surface area (Å²) in [5.41, 5.74) is 1.57. The summed E-state index contributed by atoms with van der Waals surface area (Å²) in [7, 11) is 0. The zero-order chi connectivity index (χ0) is 21.3. The highest BCUT2D eigenvalue weighted by molar-refractivity contribution is 6.30.